The van der Waals surface area contributed by atoms with Gasteiger partial charge in [0.1, 0.15) is 0 Å². The number of carbonyl (C=O) groups is 2. The quantitative estimate of drug-likeness (QED) is 0.762. The lowest BCUT2D eigenvalue weighted by Gasteiger charge is -2.27. The van der Waals surface area contributed by atoms with Crippen LogP contribution in [0.15, 0.2) is 47.8 Å². The number of benzene rings is 1. The molecule has 0 spiro atoms. The van der Waals surface area contributed by atoms with E-state index in [2.05, 4.69) is 22.5 Å². The maximum atomic E-state index is 12.3. The maximum Gasteiger partial charge on any atom is 0.222 e. The molecule has 5 nitrogen and oxygen atoms in total. The van der Waals surface area contributed by atoms with Gasteiger partial charge in [-0.3, -0.25) is 9.59 Å². The standard InChI is InChI=1S/C19H25N3O2S/c1-14(22(3)16-8-5-4-6-9-16)13-20-19(24)12-17(21-15(2)23)18-10-7-11-25-18/h4-11,14,17H,12-13H2,1-3H3,(H,20,24)(H,21,23)/t14-,17-/m1/s1. The summed E-state index contributed by atoms with van der Waals surface area (Å²) >= 11 is 1.54. The molecule has 1 aromatic carbocycles. The number of rotatable bonds is 8. The van der Waals surface area contributed by atoms with Gasteiger partial charge in [0, 0.05) is 37.1 Å². The highest BCUT2D eigenvalue weighted by Gasteiger charge is 2.19. The van der Waals surface area contributed by atoms with Crippen molar-refractivity contribution in [1.82, 2.24) is 10.6 Å². The van der Waals surface area contributed by atoms with Crippen LogP contribution in [0.5, 0.6) is 0 Å². The Balaban J connectivity index is 1.87. The van der Waals surface area contributed by atoms with Gasteiger partial charge in [0.05, 0.1) is 12.5 Å². The first kappa shape index (κ1) is 19.0. The first-order valence-electron chi connectivity index (χ1n) is 8.32. The molecule has 0 radical (unpaired) electrons. The molecule has 25 heavy (non-hydrogen) atoms. The number of nitrogens with one attached hydrogen (secondary N) is 2. The van der Waals surface area contributed by atoms with Crippen LogP contribution < -0.4 is 15.5 Å². The van der Waals surface area contributed by atoms with Crippen molar-refractivity contribution in [2.24, 2.45) is 0 Å². The highest BCUT2D eigenvalue weighted by molar-refractivity contribution is 7.10. The van der Waals surface area contributed by atoms with Gasteiger partial charge in [0.25, 0.3) is 0 Å². The van der Waals surface area contributed by atoms with Crippen molar-refractivity contribution in [2.45, 2.75) is 32.4 Å². The molecule has 6 heteroatoms. The summed E-state index contributed by atoms with van der Waals surface area (Å²) < 4.78 is 0. The van der Waals surface area contributed by atoms with Gasteiger partial charge >= 0.3 is 0 Å². The van der Waals surface area contributed by atoms with Crippen LogP contribution in [0.3, 0.4) is 0 Å². The lowest BCUT2D eigenvalue weighted by atomic mass is 10.1. The monoisotopic (exact) mass is 359 g/mol. The highest BCUT2D eigenvalue weighted by atomic mass is 32.1. The molecule has 0 saturated carbocycles. The lowest BCUT2D eigenvalue weighted by Crippen LogP contribution is -2.41. The fraction of sp³-hybridized carbons (Fsp3) is 0.368. The van der Waals surface area contributed by atoms with Crippen LogP contribution in [-0.4, -0.2) is 31.4 Å². The Labute approximate surface area is 153 Å². The zero-order valence-electron chi connectivity index (χ0n) is 14.9. The number of thiophene rings is 1. The summed E-state index contributed by atoms with van der Waals surface area (Å²) in [4.78, 5) is 26.8. The fourth-order valence-corrected chi connectivity index (χ4v) is 3.31. The normalized spacial score (nSPS) is 12.9. The van der Waals surface area contributed by atoms with Crippen LogP contribution in [0.25, 0.3) is 0 Å². The van der Waals surface area contributed by atoms with Gasteiger partial charge in [-0.25, -0.2) is 0 Å². The summed E-state index contributed by atoms with van der Waals surface area (Å²) in [6.45, 7) is 4.08. The van der Waals surface area contributed by atoms with Crippen LogP contribution in [0, 0.1) is 0 Å². The maximum absolute atomic E-state index is 12.3. The van der Waals surface area contributed by atoms with Crippen molar-refractivity contribution >= 4 is 28.8 Å². The van der Waals surface area contributed by atoms with Crippen LogP contribution >= 0.6 is 11.3 Å². The molecule has 0 fully saturated rings. The number of likely N-dealkylation sites (N-methyl/N-ethyl adjacent to an activating group) is 1. The second-order valence-corrected chi connectivity index (χ2v) is 7.05. The summed E-state index contributed by atoms with van der Waals surface area (Å²) in [5.74, 6) is -0.205. The van der Waals surface area contributed by atoms with Crippen molar-refractivity contribution in [3.05, 3.63) is 52.7 Å². The van der Waals surface area contributed by atoms with Crippen molar-refractivity contribution < 1.29 is 9.59 Å². The zero-order chi connectivity index (χ0) is 18.2. The Kier molecular flexibility index (Phi) is 7.01. The molecular weight excluding hydrogens is 334 g/mol. The Morgan fingerprint density at radius 1 is 1.16 bits per heavy atom. The first-order valence-corrected chi connectivity index (χ1v) is 9.20. The summed E-state index contributed by atoms with van der Waals surface area (Å²) in [5.41, 5.74) is 1.11. The lowest BCUT2D eigenvalue weighted by molar-refractivity contribution is -0.122. The molecule has 1 aromatic heterocycles. The van der Waals surface area contributed by atoms with Gasteiger partial charge in [-0.1, -0.05) is 24.3 Å². The highest BCUT2D eigenvalue weighted by Crippen LogP contribution is 2.22. The molecule has 2 atom stereocenters. The average Bonchev–Trinajstić information content (AvgIpc) is 3.13. The van der Waals surface area contributed by atoms with Crippen LogP contribution in [0.4, 0.5) is 5.69 Å². The van der Waals surface area contributed by atoms with Gasteiger partial charge < -0.3 is 15.5 Å². The molecule has 0 aliphatic heterocycles. The number of para-hydroxylation sites is 1. The molecule has 0 aliphatic carbocycles. The number of amides is 2. The number of hydrogen-bond donors (Lipinski definition) is 2. The second-order valence-electron chi connectivity index (χ2n) is 6.07. The number of anilines is 1. The molecule has 134 valence electrons. The predicted molar refractivity (Wildman–Crippen MR) is 103 cm³/mol. The Hall–Kier alpha value is -2.34. The first-order chi connectivity index (χ1) is 12.0. The van der Waals surface area contributed by atoms with Crippen LogP contribution in [0.2, 0.25) is 0 Å². The molecule has 1 heterocycles. The molecular formula is C19H25N3O2S. The van der Waals surface area contributed by atoms with Gasteiger partial charge in [-0.05, 0) is 30.5 Å². The second kappa shape index (κ2) is 9.22. The third kappa shape index (κ3) is 5.90. The van der Waals surface area contributed by atoms with Gasteiger partial charge in [-0.2, -0.15) is 0 Å². The minimum absolute atomic E-state index is 0.0690. The van der Waals surface area contributed by atoms with Gasteiger partial charge in [-0.15, -0.1) is 11.3 Å². The average molecular weight is 359 g/mol. The summed E-state index contributed by atoms with van der Waals surface area (Å²) in [5, 5.41) is 7.76. The number of carbonyl (C=O) groups excluding carboxylic acids is 2. The van der Waals surface area contributed by atoms with Gasteiger partial charge in [0.2, 0.25) is 11.8 Å². The summed E-state index contributed by atoms with van der Waals surface area (Å²) in [6, 6.07) is 13.8. The van der Waals surface area contributed by atoms with E-state index in [1.165, 1.54) is 18.3 Å². The molecule has 0 saturated heterocycles. The topological polar surface area (TPSA) is 61.4 Å². The number of hydrogen-bond acceptors (Lipinski definition) is 4. The molecule has 0 aliphatic rings. The minimum atomic E-state index is -0.278. The predicted octanol–water partition coefficient (Wildman–Crippen LogP) is 2.96. The Morgan fingerprint density at radius 2 is 1.88 bits per heavy atom. The zero-order valence-corrected chi connectivity index (χ0v) is 15.7. The smallest absolute Gasteiger partial charge is 0.222 e. The minimum Gasteiger partial charge on any atom is -0.370 e. The van der Waals surface area contributed by atoms with E-state index in [9.17, 15) is 9.59 Å². The number of nitrogens with zero attached hydrogens (tertiary/aromatic N) is 1. The van der Waals surface area contributed by atoms with E-state index in [4.69, 9.17) is 0 Å². The van der Waals surface area contributed by atoms with E-state index < -0.39 is 0 Å². The van der Waals surface area contributed by atoms with Crippen LogP contribution in [0.1, 0.15) is 31.2 Å². The van der Waals surface area contributed by atoms with Crippen LogP contribution in [-0.2, 0) is 9.59 Å². The van der Waals surface area contributed by atoms with E-state index in [-0.39, 0.29) is 30.3 Å². The van der Waals surface area contributed by atoms with E-state index in [1.54, 1.807) is 0 Å². The molecule has 2 rings (SSSR count). The molecule has 2 N–H and O–H groups in total. The summed E-state index contributed by atoms with van der Waals surface area (Å²) in [7, 11) is 2.01. The SMILES string of the molecule is CC(=O)N[C@H](CC(=O)NC[C@@H](C)N(C)c1ccccc1)c1cccs1. The van der Waals surface area contributed by atoms with Gasteiger partial charge in [0.15, 0.2) is 0 Å². The van der Waals surface area contributed by atoms with E-state index in [1.807, 2.05) is 54.9 Å². The van der Waals surface area contributed by atoms with Crippen molar-refractivity contribution in [3.8, 4) is 0 Å². The Morgan fingerprint density at radius 3 is 2.48 bits per heavy atom. The van der Waals surface area contributed by atoms with Crippen molar-refractivity contribution in [1.29, 1.82) is 0 Å². The summed E-state index contributed by atoms with van der Waals surface area (Å²) in [6.07, 6.45) is 0.238. The molecule has 2 amide bonds. The van der Waals surface area contributed by atoms with E-state index >= 15 is 0 Å². The third-order valence-electron chi connectivity index (χ3n) is 4.07. The largest absolute Gasteiger partial charge is 0.370 e. The molecule has 0 unspecified atom stereocenters. The van der Waals surface area contributed by atoms with E-state index in [0.29, 0.717) is 6.54 Å². The van der Waals surface area contributed by atoms with Crippen molar-refractivity contribution in [2.75, 3.05) is 18.5 Å². The molecule has 0 bridgehead atoms. The molecule has 2 aromatic rings. The Bertz CT molecular complexity index is 673. The van der Waals surface area contributed by atoms with E-state index in [0.717, 1.165) is 10.6 Å². The fourth-order valence-electron chi connectivity index (χ4n) is 2.53. The third-order valence-corrected chi connectivity index (χ3v) is 5.06. The van der Waals surface area contributed by atoms with Crippen molar-refractivity contribution in [3.63, 3.8) is 0 Å².